The summed E-state index contributed by atoms with van der Waals surface area (Å²) in [5.41, 5.74) is 4.09. The Kier molecular flexibility index (Phi) is 2.80. The molecule has 1 aliphatic rings. The molecule has 0 aliphatic heterocycles. The molecule has 5 rings (SSSR count). The van der Waals surface area contributed by atoms with Gasteiger partial charge >= 0.3 is 5.63 Å². The van der Waals surface area contributed by atoms with E-state index < -0.39 is 5.63 Å². The topological polar surface area (TPSA) is 47.3 Å². The van der Waals surface area contributed by atoms with Gasteiger partial charge in [-0.05, 0) is 17.2 Å². The summed E-state index contributed by atoms with van der Waals surface area (Å²) in [5.74, 6) is -0.0402. The van der Waals surface area contributed by atoms with Crippen LogP contribution in [0.4, 0.5) is 0 Å². The molecule has 0 atom stereocenters. The molecule has 1 heterocycles. The van der Waals surface area contributed by atoms with Crippen molar-refractivity contribution in [3.8, 4) is 22.3 Å². The highest BCUT2D eigenvalue weighted by Crippen LogP contribution is 2.43. The van der Waals surface area contributed by atoms with Crippen molar-refractivity contribution in [1.29, 1.82) is 0 Å². The molecule has 0 unspecified atom stereocenters. The quantitative estimate of drug-likeness (QED) is 0.421. The summed E-state index contributed by atoms with van der Waals surface area (Å²) >= 11 is 0. The van der Waals surface area contributed by atoms with Gasteiger partial charge in [0.15, 0.2) is 5.78 Å². The standard InChI is InChI=1S/C22H12O3/c23-21-15-10-5-4-9-14(15)20-18(13-7-2-1-3-8-13)22(24)25-17-12-6-11-16(21)19(17)20/h1-12H. The third-order valence-electron chi connectivity index (χ3n) is 4.68. The Labute approximate surface area is 143 Å². The number of ketones is 1. The van der Waals surface area contributed by atoms with Crippen molar-refractivity contribution >= 4 is 16.8 Å². The van der Waals surface area contributed by atoms with Crippen LogP contribution in [-0.2, 0) is 0 Å². The van der Waals surface area contributed by atoms with Gasteiger partial charge < -0.3 is 4.42 Å². The van der Waals surface area contributed by atoms with E-state index in [2.05, 4.69) is 0 Å². The molecular formula is C22H12O3. The van der Waals surface area contributed by atoms with E-state index in [-0.39, 0.29) is 5.78 Å². The summed E-state index contributed by atoms with van der Waals surface area (Å²) in [5, 5.41) is 0.713. The van der Waals surface area contributed by atoms with E-state index in [0.29, 0.717) is 27.7 Å². The Morgan fingerprint density at radius 3 is 2.08 bits per heavy atom. The summed E-state index contributed by atoms with van der Waals surface area (Å²) in [7, 11) is 0. The number of hydrogen-bond donors (Lipinski definition) is 0. The van der Waals surface area contributed by atoms with E-state index in [1.165, 1.54) is 0 Å². The van der Waals surface area contributed by atoms with Crippen LogP contribution in [-0.4, -0.2) is 5.78 Å². The molecule has 3 nitrogen and oxygen atoms in total. The first kappa shape index (κ1) is 13.9. The molecule has 0 radical (unpaired) electrons. The number of hydrogen-bond acceptors (Lipinski definition) is 3. The lowest BCUT2D eigenvalue weighted by atomic mass is 9.81. The lowest BCUT2D eigenvalue weighted by molar-refractivity contribution is 0.104. The third kappa shape index (κ3) is 1.86. The van der Waals surface area contributed by atoms with E-state index >= 15 is 0 Å². The number of carbonyl (C=O) groups excluding carboxylic acids is 1. The summed E-state index contributed by atoms with van der Waals surface area (Å²) in [6, 6.07) is 22.1. The predicted octanol–water partition coefficient (Wildman–Crippen LogP) is 4.67. The van der Waals surface area contributed by atoms with Crippen molar-refractivity contribution in [2.24, 2.45) is 0 Å². The van der Waals surface area contributed by atoms with Crippen LogP contribution in [0.2, 0.25) is 0 Å². The minimum Gasteiger partial charge on any atom is -0.422 e. The number of rotatable bonds is 1. The first-order valence-corrected chi connectivity index (χ1v) is 8.05. The lowest BCUT2D eigenvalue weighted by Gasteiger charge is -2.21. The first-order valence-electron chi connectivity index (χ1n) is 8.05. The third-order valence-corrected chi connectivity index (χ3v) is 4.68. The Hall–Kier alpha value is -3.46. The molecule has 1 aliphatic carbocycles. The summed E-state index contributed by atoms with van der Waals surface area (Å²) in [6.45, 7) is 0. The maximum atomic E-state index is 12.9. The fourth-order valence-corrected chi connectivity index (χ4v) is 3.62. The van der Waals surface area contributed by atoms with Gasteiger partial charge in [0.05, 0.1) is 5.56 Å². The molecule has 118 valence electrons. The Bertz CT molecular complexity index is 1220. The minimum atomic E-state index is -0.394. The average Bonchev–Trinajstić information content (AvgIpc) is 2.66. The van der Waals surface area contributed by atoms with Gasteiger partial charge in [-0.15, -0.1) is 0 Å². The van der Waals surface area contributed by atoms with Crippen molar-refractivity contribution < 1.29 is 9.21 Å². The van der Waals surface area contributed by atoms with Crippen molar-refractivity contribution in [3.63, 3.8) is 0 Å². The van der Waals surface area contributed by atoms with Crippen LogP contribution in [0, 0.1) is 0 Å². The molecule has 1 aromatic heterocycles. The van der Waals surface area contributed by atoms with Crippen LogP contribution in [0.15, 0.2) is 82.0 Å². The number of carbonyl (C=O) groups is 1. The van der Waals surface area contributed by atoms with E-state index in [1.807, 2.05) is 54.6 Å². The summed E-state index contributed by atoms with van der Waals surface area (Å²) in [4.78, 5) is 25.7. The van der Waals surface area contributed by atoms with Gasteiger partial charge in [-0.25, -0.2) is 4.79 Å². The van der Waals surface area contributed by atoms with Gasteiger partial charge in [0.25, 0.3) is 0 Å². The molecule has 0 saturated carbocycles. The van der Waals surface area contributed by atoms with Gasteiger partial charge in [-0.2, -0.15) is 0 Å². The maximum Gasteiger partial charge on any atom is 0.344 e. The van der Waals surface area contributed by atoms with E-state index in [1.54, 1.807) is 18.2 Å². The molecule has 0 bridgehead atoms. The number of fused-ring (bicyclic) bond motifs is 2. The molecular weight excluding hydrogens is 312 g/mol. The summed E-state index contributed by atoms with van der Waals surface area (Å²) in [6.07, 6.45) is 0. The molecule has 3 heteroatoms. The highest BCUT2D eigenvalue weighted by Gasteiger charge is 2.29. The van der Waals surface area contributed by atoms with Gasteiger partial charge in [-0.1, -0.05) is 66.7 Å². The first-order chi connectivity index (χ1) is 12.3. The van der Waals surface area contributed by atoms with Crippen LogP contribution >= 0.6 is 0 Å². The SMILES string of the molecule is O=C1c2ccccc2-c2c(-c3ccccc3)c(=O)oc3cccc1c23. The van der Waals surface area contributed by atoms with E-state index in [4.69, 9.17) is 4.42 Å². The van der Waals surface area contributed by atoms with E-state index in [0.717, 1.165) is 16.7 Å². The Morgan fingerprint density at radius 2 is 1.28 bits per heavy atom. The highest BCUT2D eigenvalue weighted by molar-refractivity contribution is 6.26. The zero-order valence-corrected chi connectivity index (χ0v) is 13.2. The van der Waals surface area contributed by atoms with Gasteiger partial charge in [0, 0.05) is 22.1 Å². The van der Waals surface area contributed by atoms with Crippen LogP contribution < -0.4 is 5.63 Å². The second-order valence-corrected chi connectivity index (χ2v) is 6.06. The second-order valence-electron chi connectivity index (χ2n) is 6.06. The van der Waals surface area contributed by atoms with Gasteiger partial charge in [0.2, 0.25) is 0 Å². The fourth-order valence-electron chi connectivity index (χ4n) is 3.62. The zero-order valence-electron chi connectivity index (χ0n) is 13.2. The van der Waals surface area contributed by atoms with Gasteiger partial charge in [-0.3, -0.25) is 4.79 Å². The smallest absolute Gasteiger partial charge is 0.344 e. The monoisotopic (exact) mass is 324 g/mol. The van der Waals surface area contributed by atoms with Crippen molar-refractivity contribution in [3.05, 3.63) is 94.3 Å². The lowest BCUT2D eigenvalue weighted by Crippen LogP contribution is -2.14. The normalized spacial score (nSPS) is 12.2. The number of benzene rings is 3. The molecule has 0 fully saturated rings. The Morgan fingerprint density at radius 1 is 0.600 bits per heavy atom. The molecule has 0 spiro atoms. The summed E-state index contributed by atoms with van der Waals surface area (Å²) < 4.78 is 5.56. The molecule has 25 heavy (non-hydrogen) atoms. The maximum absolute atomic E-state index is 12.9. The zero-order chi connectivity index (χ0) is 17.0. The highest BCUT2D eigenvalue weighted by atomic mass is 16.4. The van der Waals surface area contributed by atoms with Crippen LogP contribution in [0.25, 0.3) is 33.2 Å². The molecule has 0 N–H and O–H groups in total. The van der Waals surface area contributed by atoms with E-state index in [9.17, 15) is 9.59 Å². The second kappa shape index (κ2) is 5.02. The largest absolute Gasteiger partial charge is 0.422 e. The van der Waals surface area contributed by atoms with Crippen LogP contribution in [0.3, 0.4) is 0 Å². The average molecular weight is 324 g/mol. The van der Waals surface area contributed by atoms with Crippen LogP contribution in [0.1, 0.15) is 15.9 Å². The van der Waals surface area contributed by atoms with Crippen LogP contribution in [0.5, 0.6) is 0 Å². The van der Waals surface area contributed by atoms with Gasteiger partial charge in [0.1, 0.15) is 5.58 Å². The van der Waals surface area contributed by atoms with Crippen molar-refractivity contribution in [2.75, 3.05) is 0 Å². The van der Waals surface area contributed by atoms with Crippen molar-refractivity contribution in [2.45, 2.75) is 0 Å². The molecule has 0 amide bonds. The van der Waals surface area contributed by atoms with Crippen molar-refractivity contribution in [1.82, 2.24) is 0 Å². The fraction of sp³-hybridized carbons (Fsp3) is 0. The Balaban J connectivity index is 2.06. The molecule has 4 aromatic rings. The molecule has 3 aromatic carbocycles. The minimum absolute atomic E-state index is 0.0402. The predicted molar refractivity (Wildman–Crippen MR) is 96.8 cm³/mol. The molecule has 0 saturated heterocycles.